The smallest absolute Gasteiger partial charge is 0.262 e. The van der Waals surface area contributed by atoms with Gasteiger partial charge in [-0.05, 0) is 18.2 Å². The Bertz CT molecular complexity index is 418. The number of rotatable bonds is 2. The lowest BCUT2D eigenvalue weighted by Crippen LogP contribution is -2.19. The minimum Gasteiger partial charge on any atom is -0.302 e. The summed E-state index contributed by atoms with van der Waals surface area (Å²) in [4.78, 5) is 1.03. The molecule has 1 aromatic carbocycles. The van der Waals surface area contributed by atoms with E-state index in [9.17, 15) is 8.42 Å². The van der Waals surface area contributed by atoms with E-state index >= 15 is 0 Å². The molecule has 4 nitrogen and oxygen atoms in total. The van der Waals surface area contributed by atoms with Gasteiger partial charge in [0.2, 0.25) is 0 Å². The highest BCUT2D eigenvalue weighted by molar-refractivity contribution is 7.89. The Kier molecular flexibility index (Phi) is 3.15. The maximum atomic E-state index is 11.0. The third-order valence-corrected chi connectivity index (χ3v) is 3.18. The summed E-state index contributed by atoms with van der Waals surface area (Å²) in [5, 5.41) is 8.65. The Morgan fingerprint density at radius 2 is 1.85 bits per heavy atom. The van der Waals surface area contributed by atoms with Crippen LogP contribution < -0.4 is 4.89 Å². The van der Waals surface area contributed by atoms with Crippen molar-refractivity contribution in [3.8, 4) is 0 Å². The maximum Gasteiger partial charge on any atom is 0.262 e. The second-order valence-corrected chi connectivity index (χ2v) is 4.65. The average molecular weight is 242 g/mol. The van der Waals surface area contributed by atoms with Crippen molar-refractivity contribution in [2.45, 2.75) is 4.90 Å². The minimum atomic E-state index is -3.87. The molecule has 0 aliphatic heterocycles. The summed E-state index contributed by atoms with van der Waals surface area (Å²) in [6.45, 7) is 0. The molecule has 0 aromatic heterocycles. The fourth-order valence-electron chi connectivity index (χ4n) is 0.697. The van der Waals surface area contributed by atoms with Crippen LogP contribution in [-0.4, -0.2) is 13.6 Å². The molecule has 0 unspecified atom stereocenters. The first kappa shape index (κ1) is 10.7. The SMILES string of the molecule is O=S(=O)(NO)c1ccc(Cl)c(Cl)c1. The van der Waals surface area contributed by atoms with Crippen LogP contribution in [0.1, 0.15) is 0 Å². The topological polar surface area (TPSA) is 66.4 Å². The number of sulfonamides is 1. The van der Waals surface area contributed by atoms with E-state index in [1.54, 1.807) is 0 Å². The zero-order valence-corrected chi connectivity index (χ0v) is 8.49. The number of halogens is 2. The summed E-state index contributed by atoms with van der Waals surface area (Å²) in [5.41, 5.74) is 0. The van der Waals surface area contributed by atoms with Gasteiger partial charge in [0.25, 0.3) is 10.0 Å². The molecule has 0 amide bonds. The molecule has 0 radical (unpaired) electrons. The van der Waals surface area contributed by atoms with Gasteiger partial charge < -0.3 is 5.21 Å². The predicted molar refractivity (Wildman–Crippen MR) is 48.6 cm³/mol. The lowest BCUT2D eigenvalue weighted by Gasteiger charge is -2.02. The van der Waals surface area contributed by atoms with Gasteiger partial charge >= 0.3 is 0 Å². The number of hydrogen-bond donors (Lipinski definition) is 2. The molecule has 1 aromatic rings. The summed E-state index contributed by atoms with van der Waals surface area (Å²) in [5.74, 6) is 0. The van der Waals surface area contributed by atoms with Crippen molar-refractivity contribution >= 4 is 33.2 Å². The van der Waals surface area contributed by atoms with Gasteiger partial charge in [-0.15, -0.1) is 0 Å². The molecule has 13 heavy (non-hydrogen) atoms. The largest absolute Gasteiger partial charge is 0.302 e. The molecule has 0 atom stereocenters. The van der Waals surface area contributed by atoms with Crippen LogP contribution in [-0.2, 0) is 10.0 Å². The molecule has 72 valence electrons. The molecule has 0 aliphatic rings. The quantitative estimate of drug-likeness (QED) is 0.775. The van der Waals surface area contributed by atoms with Gasteiger partial charge in [-0.3, -0.25) is 0 Å². The molecule has 2 N–H and O–H groups in total. The minimum absolute atomic E-state index is 0.109. The van der Waals surface area contributed by atoms with Crippen LogP contribution in [0.3, 0.4) is 0 Å². The highest BCUT2D eigenvalue weighted by Crippen LogP contribution is 2.24. The van der Waals surface area contributed by atoms with Crippen molar-refractivity contribution in [1.82, 2.24) is 4.89 Å². The van der Waals surface area contributed by atoms with Gasteiger partial charge in [0.15, 0.2) is 0 Å². The monoisotopic (exact) mass is 241 g/mol. The number of benzene rings is 1. The van der Waals surface area contributed by atoms with Crippen molar-refractivity contribution in [2.24, 2.45) is 0 Å². The molecule has 0 saturated heterocycles. The third kappa shape index (κ3) is 2.32. The normalized spacial score (nSPS) is 11.6. The van der Waals surface area contributed by atoms with Crippen molar-refractivity contribution in [3.63, 3.8) is 0 Å². The predicted octanol–water partition coefficient (Wildman–Crippen LogP) is 1.66. The van der Waals surface area contributed by atoms with Gasteiger partial charge in [0.05, 0.1) is 14.9 Å². The highest BCUT2D eigenvalue weighted by Gasteiger charge is 2.13. The van der Waals surface area contributed by atoms with Crippen molar-refractivity contribution < 1.29 is 13.6 Å². The van der Waals surface area contributed by atoms with Crippen molar-refractivity contribution in [2.75, 3.05) is 0 Å². The number of nitrogens with one attached hydrogen (secondary N) is 1. The first-order valence-electron chi connectivity index (χ1n) is 3.08. The second-order valence-electron chi connectivity index (χ2n) is 2.17. The van der Waals surface area contributed by atoms with Crippen LogP contribution in [0.4, 0.5) is 0 Å². The molecular weight excluding hydrogens is 237 g/mol. The van der Waals surface area contributed by atoms with Crippen LogP contribution in [0.2, 0.25) is 10.0 Å². The molecule has 7 heteroatoms. The standard InChI is InChI=1S/C6H5Cl2NO3S/c7-5-2-1-4(3-6(5)8)13(11,12)9-10/h1-3,9-10H. The molecule has 0 spiro atoms. The second kappa shape index (κ2) is 3.81. The molecule has 0 heterocycles. The lowest BCUT2D eigenvalue weighted by molar-refractivity contribution is 0.242. The van der Waals surface area contributed by atoms with Gasteiger partial charge in [0, 0.05) is 0 Å². The summed E-state index contributed by atoms with van der Waals surface area (Å²) in [6, 6.07) is 3.70. The molecule has 0 fully saturated rings. The van der Waals surface area contributed by atoms with Crippen LogP contribution in [0, 0.1) is 0 Å². The Balaban J connectivity index is 3.27. The molecule has 0 bridgehead atoms. The van der Waals surface area contributed by atoms with E-state index in [2.05, 4.69) is 0 Å². The third-order valence-electron chi connectivity index (χ3n) is 1.32. The van der Waals surface area contributed by atoms with Gasteiger partial charge in [-0.1, -0.05) is 28.1 Å². The summed E-state index contributed by atoms with van der Waals surface area (Å²) in [7, 11) is -3.87. The van der Waals surface area contributed by atoms with Gasteiger partial charge in [-0.25, -0.2) is 8.42 Å². The van der Waals surface area contributed by atoms with E-state index in [4.69, 9.17) is 28.4 Å². The van der Waals surface area contributed by atoms with Crippen LogP contribution in [0.25, 0.3) is 0 Å². The first-order chi connectivity index (χ1) is 5.97. The Hall–Kier alpha value is -0.330. The fraction of sp³-hybridized carbons (Fsp3) is 0. The van der Waals surface area contributed by atoms with Crippen molar-refractivity contribution in [3.05, 3.63) is 28.2 Å². The van der Waals surface area contributed by atoms with E-state index in [0.717, 1.165) is 6.07 Å². The average Bonchev–Trinajstić information content (AvgIpc) is 2.09. The molecule has 0 saturated carbocycles. The Labute approximate surface area is 85.1 Å². The van der Waals surface area contributed by atoms with Crippen LogP contribution >= 0.6 is 23.2 Å². The Morgan fingerprint density at radius 3 is 2.31 bits per heavy atom. The van der Waals surface area contributed by atoms with E-state index < -0.39 is 10.0 Å². The summed E-state index contributed by atoms with van der Waals surface area (Å²) in [6.07, 6.45) is 0. The van der Waals surface area contributed by atoms with E-state index in [-0.39, 0.29) is 14.9 Å². The van der Waals surface area contributed by atoms with Crippen LogP contribution in [0.5, 0.6) is 0 Å². The zero-order valence-electron chi connectivity index (χ0n) is 6.16. The van der Waals surface area contributed by atoms with E-state index in [0.29, 0.717) is 0 Å². The molecule has 1 rings (SSSR count). The molecule has 0 aliphatic carbocycles. The lowest BCUT2D eigenvalue weighted by atomic mass is 10.4. The van der Waals surface area contributed by atoms with Gasteiger partial charge in [0.1, 0.15) is 0 Å². The first-order valence-corrected chi connectivity index (χ1v) is 5.32. The van der Waals surface area contributed by atoms with E-state index in [1.165, 1.54) is 17.0 Å². The molecular formula is C6H5Cl2NO3S. The van der Waals surface area contributed by atoms with E-state index in [1.807, 2.05) is 0 Å². The van der Waals surface area contributed by atoms with Crippen molar-refractivity contribution in [1.29, 1.82) is 0 Å². The van der Waals surface area contributed by atoms with Gasteiger partial charge in [-0.2, -0.15) is 0 Å². The van der Waals surface area contributed by atoms with Crippen LogP contribution in [0.15, 0.2) is 23.1 Å². The summed E-state index contributed by atoms with van der Waals surface area (Å²) < 4.78 is 22.0. The Morgan fingerprint density at radius 1 is 1.23 bits per heavy atom. The highest BCUT2D eigenvalue weighted by atomic mass is 35.5. The fourth-order valence-corrected chi connectivity index (χ4v) is 1.69. The summed E-state index contributed by atoms with van der Waals surface area (Å²) >= 11 is 11.1. The maximum absolute atomic E-state index is 11.0. The number of hydrogen-bond acceptors (Lipinski definition) is 3. The zero-order chi connectivity index (χ0) is 10.1.